The summed E-state index contributed by atoms with van der Waals surface area (Å²) in [6.45, 7) is 18.4. The molecule has 0 aromatic heterocycles. The molecule has 1 aliphatic heterocycles. The number of hydrogen-bond donors (Lipinski definition) is 1. The largest absolute Gasteiger partial charge is 0.341 e. The lowest BCUT2D eigenvalue weighted by atomic mass is 9.98. The number of nitrogens with one attached hydrogen (secondary N) is 1. The van der Waals surface area contributed by atoms with E-state index >= 15 is 0 Å². The van der Waals surface area contributed by atoms with Gasteiger partial charge in [0.05, 0.1) is 5.54 Å². The van der Waals surface area contributed by atoms with Crippen molar-refractivity contribution in [1.82, 2.24) is 15.1 Å². The van der Waals surface area contributed by atoms with Crippen LogP contribution in [-0.4, -0.2) is 60.5 Å². The minimum Gasteiger partial charge on any atom is -0.341 e. The van der Waals surface area contributed by atoms with Crippen LogP contribution >= 0.6 is 0 Å². The molecule has 1 amide bonds. The fraction of sp³-hybridized carbons (Fsp3) is 0.938. The molecule has 1 N–H and O–H groups in total. The monoisotopic (exact) mass is 283 g/mol. The van der Waals surface area contributed by atoms with Gasteiger partial charge in [0.1, 0.15) is 0 Å². The predicted octanol–water partition coefficient (Wildman–Crippen LogP) is 1.81. The summed E-state index contributed by atoms with van der Waals surface area (Å²) in [4.78, 5) is 17.4. The Labute approximate surface area is 124 Å². The van der Waals surface area contributed by atoms with E-state index in [1.807, 2.05) is 0 Å². The Bertz CT molecular complexity index is 297. The third-order valence-corrected chi connectivity index (χ3v) is 3.89. The molecule has 0 aliphatic carbocycles. The van der Waals surface area contributed by atoms with Crippen molar-refractivity contribution < 1.29 is 4.79 Å². The topological polar surface area (TPSA) is 35.6 Å². The average Bonchev–Trinajstić information content (AvgIpc) is 2.37. The zero-order valence-corrected chi connectivity index (χ0v) is 14.2. The van der Waals surface area contributed by atoms with E-state index < -0.39 is 5.54 Å². The quantitative estimate of drug-likeness (QED) is 0.807. The molecule has 0 aromatic carbocycles. The summed E-state index contributed by atoms with van der Waals surface area (Å²) in [5.74, 6) is 1.30. The van der Waals surface area contributed by atoms with Crippen molar-refractivity contribution >= 4 is 5.91 Å². The van der Waals surface area contributed by atoms with E-state index in [-0.39, 0.29) is 5.91 Å². The van der Waals surface area contributed by atoms with Gasteiger partial charge in [-0.05, 0) is 25.7 Å². The second-order valence-electron chi connectivity index (χ2n) is 7.29. The first-order valence-corrected chi connectivity index (χ1v) is 8.00. The summed E-state index contributed by atoms with van der Waals surface area (Å²) in [6, 6.07) is 0. The number of hydrogen-bond acceptors (Lipinski definition) is 3. The molecule has 1 aliphatic rings. The van der Waals surface area contributed by atoms with Gasteiger partial charge in [-0.15, -0.1) is 0 Å². The molecule has 4 nitrogen and oxygen atoms in total. The first-order valence-electron chi connectivity index (χ1n) is 8.00. The second kappa shape index (κ2) is 7.41. The van der Waals surface area contributed by atoms with Crippen LogP contribution in [0.5, 0.6) is 0 Å². The lowest BCUT2D eigenvalue weighted by Gasteiger charge is -2.43. The van der Waals surface area contributed by atoms with E-state index in [9.17, 15) is 4.79 Å². The van der Waals surface area contributed by atoms with Gasteiger partial charge in [0.25, 0.3) is 0 Å². The van der Waals surface area contributed by atoms with Gasteiger partial charge in [0.2, 0.25) is 5.91 Å². The molecule has 0 atom stereocenters. The van der Waals surface area contributed by atoms with E-state index in [4.69, 9.17) is 0 Å². The van der Waals surface area contributed by atoms with Crippen LogP contribution in [0.1, 0.15) is 41.5 Å². The van der Waals surface area contributed by atoms with Crippen molar-refractivity contribution in [3.8, 4) is 0 Å². The molecule has 0 saturated carbocycles. The van der Waals surface area contributed by atoms with Crippen LogP contribution in [0.15, 0.2) is 0 Å². The summed E-state index contributed by atoms with van der Waals surface area (Å²) in [6.07, 6.45) is 0. The molecular formula is C16H33N3O. The van der Waals surface area contributed by atoms with Crippen molar-refractivity contribution in [2.24, 2.45) is 11.8 Å². The van der Waals surface area contributed by atoms with Crippen molar-refractivity contribution in [3.63, 3.8) is 0 Å². The van der Waals surface area contributed by atoms with E-state index in [1.165, 1.54) is 0 Å². The van der Waals surface area contributed by atoms with E-state index in [1.54, 1.807) is 0 Å². The second-order valence-corrected chi connectivity index (χ2v) is 7.29. The van der Waals surface area contributed by atoms with Gasteiger partial charge in [-0.3, -0.25) is 9.69 Å². The van der Waals surface area contributed by atoms with Crippen molar-refractivity contribution in [2.45, 2.75) is 47.1 Å². The van der Waals surface area contributed by atoms with Crippen molar-refractivity contribution in [3.05, 3.63) is 0 Å². The fourth-order valence-corrected chi connectivity index (χ4v) is 2.87. The Balaban J connectivity index is 2.79. The zero-order valence-electron chi connectivity index (χ0n) is 14.2. The summed E-state index contributed by atoms with van der Waals surface area (Å²) >= 11 is 0. The highest BCUT2D eigenvalue weighted by Gasteiger charge is 2.38. The van der Waals surface area contributed by atoms with Crippen LogP contribution in [0.25, 0.3) is 0 Å². The smallest absolute Gasteiger partial charge is 0.242 e. The molecule has 1 rings (SSSR count). The molecule has 0 unspecified atom stereocenters. The third kappa shape index (κ3) is 4.74. The van der Waals surface area contributed by atoms with Crippen molar-refractivity contribution in [1.29, 1.82) is 0 Å². The molecule has 0 spiro atoms. The van der Waals surface area contributed by atoms with Crippen molar-refractivity contribution in [2.75, 3.05) is 39.3 Å². The maximum absolute atomic E-state index is 13.0. The zero-order chi connectivity index (χ0) is 15.3. The Morgan fingerprint density at radius 2 is 1.55 bits per heavy atom. The summed E-state index contributed by atoms with van der Waals surface area (Å²) < 4.78 is 0. The fourth-order valence-electron chi connectivity index (χ4n) is 2.87. The number of rotatable bonds is 6. The Morgan fingerprint density at radius 1 is 1.10 bits per heavy atom. The lowest BCUT2D eigenvalue weighted by molar-refractivity contribution is -0.144. The summed E-state index contributed by atoms with van der Waals surface area (Å²) in [5.41, 5.74) is -0.397. The SMILES string of the molecule is CC(C)CN(CC(C)C)C(=O)C(C)(C)N1CCNCC1. The molecule has 20 heavy (non-hydrogen) atoms. The van der Waals surface area contributed by atoms with E-state index in [0.29, 0.717) is 11.8 Å². The maximum atomic E-state index is 13.0. The first-order chi connectivity index (χ1) is 9.25. The van der Waals surface area contributed by atoms with Crippen LogP contribution in [0.4, 0.5) is 0 Å². The van der Waals surface area contributed by atoms with Gasteiger partial charge in [0, 0.05) is 39.3 Å². The number of carbonyl (C=O) groups is 1. The van der Waals surface area contributed by atoms with Gasteiger partial charge >= 0.3 is 0 Å². The summed E-state index contributed by atoms with van der Waals surface area (Å²) in [5, 5.41) is 3.35. The van der Waals surface area contributed by atoms with Gasteiger partial charge in [-0.2, -0.15) is 0 Å². The maximum Gasteiger partial charge on any atom is 0.242 e. The normalized spacial score (nSPS) is 17.8. The number of piperazine rings is 1. The molecule has 4 heteroatoms. The molecule has 0 aromatic rings. The molecule has 1 heterocycles. The van der Waals surface area contributed by atoms with Gasteiger partial charge in [-0.1, -0.05) is 27.7 Å². The Kier molecular flexibility index (Phi) is 6.46. The minimum atomic E-state index is -0.397. The van der Waals surface area contributed by atoms with Gasteiger partial charge in [0.15, 0.2) is 0 Å². The Hall–Kier alpha value is -0.610. The molecule has 118 valence electrons. The lowest BCUT2D eigenvalue weighted by Crippen LogP contribution is -2.61. The molecule has 1 saturated heterocycles. The first kappa shape index (κ1) is 17.4. The molecule has 0 bridgehead atoms. The van der Waals surface area contributed by atoms with Gasteiger partial charge in [-0.25, -0.2) is 0 Å². The standard InChI is InChI=1S/C16H33N3O/c1-13(2)11-18(12-14(3)4)15(20)16(5,6)19-9-7-17-8-10-19/h13-14,17H,7-12H2,1-6H3. The highest BCUT2D eigenvalue weighted by molar-refractivity contribution is 5.85. The van der Waals surface area contributed by atoms with Crippen LogP contribution in [0.2, 0.25) is 0 Å². The highest BCUT2D eigenvalue weighted by Crippen LogP contribution is 2.20. The van der Waals surface area contributed by atoms with Crippen LogP contribution in [0.3, 0.4) is 0 Å². The van der Waals surface area contributed by atoms with Gasteiger partial charge < -0.3 is 10.2 Å². The van der Waals surface area contributed by atoms with Crippen LogP contribution in [0, 0.1) is 11.8 Å². The summed E-state index contributed by atoms with van der Waals surface area (Å²) in [7, 11) is 0. The Morgan fingerprint density at radius 3 is 1.95 bits per heavy atom. The molecule has 1 fully saturated rings. The number of amides is 1. The number of carbonyl (C=O) groups excluding carboxylic acids is 1. The molecular weight excluding hydrogens is 250 g/mol. The average molecular weight is 283 g/mol. The molecule has 0 radical (unpaired) electrons. The van der Waals surface area contributed by atoms with Crippen LogP contribution in [-0.2, 0) is 4.79 Å². The third-order valence-electron chi connectivity index (χ3n) is 3.89. The van der Waals surface area contributed by atoms with Crippen LogP contribution < -0.4 is 5.32 Å². The number of nitrogens with zero attached hydrogens (tertiary/aromatic N) is 2. The van der Waals surface area contributed by atoms with E-state index in [0.717, 1.165) is 39.3 Å². The highest BCUT2D eigenvalue weighted by atomic mass is 16.2. The van der Waals surface area contributed by atoms with E-state index in [2.05, 4.69) is 56.7 Å². The minimum absolute atomic E-state index is 0.279. The predicted molar refractivity (Wildman–Crippen MR) is 84.8 cm³/mol.